The van der Waals surface area contributed by atoms with Crippen molar-refractivity contribution in [2.24, 2.45) is 0 Å². The van der Waals surface area contributed by atoms with Gasteiger partial charge in [-0.2, -0.15) is 0 Å². The van der Waals surface area contributed by atoms with Crippen molar-refractivity contribution in [2.75, 3.05) is 9.71 Å². The lowest BCUT2D eigenvalue weighted by Gasteiger charge is -2.49. The highest BCUT2D eigenvalue weighted by Gasteiger charge is 2.49. The maximum atomic E-state index is 6.73. The van der Waals surface area contributed by atoms with Gasteiger partial charge < -0.3 is 14.1 Å². The summed E-state index contributed by atoms with van der Waals surface area (Å²) in [6, 6.07) is 47.4. The minimum Gasteiger partial charge on any atom is -0.464 e. The molecular formula is C64H65BN2O. The predicted molar refractivity (Wildman–Crippen MR) is 290 cm³/mol. The average molecular weight is 889 g/mol. The first-order chi connectivity index (χ1) is 32.3. The van der Waals surface area contributed by atoms with Gasteiger partial charge in [0.25, 0.3) is 0 Å². The second-order valence-electron chi connectivity index (χ2n) is 23.7. The summed E-state index contributed by atoms with van der Waals surface area (Å²) in [7, 11) is 0. The molecule has 0 bridgehead atoms. The maximum Gasteiger partial charge on any atom is 0.333 e. The van der Waals surface area contributed by atoms with Gasteiger partial charge in [-0.1, -0.05) is 122 Å². The summed E-state index contributed by atoms with van der Waals surface area (Å²) >= 11 is 0. The van der Waals surface area contributed by atoms with Crippen molar-refractivity contribution >= 4 is 57.2 Å². The Bertz CT molecular complexity index is 3380. The Kier molecular flexibility index (Phi) is 9.26. The van der Waals surface area contributed by atoms with E-state index in [1.165, 1.54) is 130 Å². The Labute approximate surface area is 405 Å². The van der Waals surface area contributed by atoms with E-state index in [4.69, 9.17) is 4.42 Å². The number of hydrogen-bond donors (Lipinski definition) is 0. The minimum atomic E-state index is -0.135. The molecule has 3 nitrogen and oxygen atoms in total. The van der Waals surface area contributed by atoms with Crippen LogP contribution in [0.25, 0.3) is 44.3 Å². The lowest BCUT2D eigenvalue weighted by Crippen LogP contribution is -2.62. The van der Waals surface area contributed by atoms with Gasteiger partial charge in [0.05, 0.1) is 6.26 Å². The number of furan rings is 1. The zero-order valence-corrected chi connectivity index (χ0v) is 42.3. The fraction of sp³-hybridized carbons (Fsp3) is 0.312. The van der Waals surface area contributed by atoms with Crippen LogP contribution < -0.4 is 20.6 Å². The van der Waals surface area contributed by atoms with E-state index in [9.17, 15) is 0 Å². The minimum absolute atomic E-state index is 0.0188. The van der Waals surface area contributed by atoms with Crippen molar-refractivity contribution < 1.29 is 4.42 Å². The number of nitrogens with zero attached hydrogens (tertiary/aromatic N) is 2. The average Bonchev–Trinajstić information content (AvgIpc) is 3.78. The first kappa shape index (κ1) is 43.1. The van der Waals surface area contributed by atoms with Gasteiger partial charge in [-0.25, -0.2) is 0 Å². The van der Waals surface area contributed by atoms with Crippen LogP contribution in [0.3, 0.4) is 0 Å². The van der Waals surface area contributed by atoms with E-state index < -0.39 is 0 Å². The van der Waals surface area contributed by atoms with E-state index >= 15 is 0 Å². The number of hydrogen-bond acceptors (Lipinski definition) is 3. The highest BCUT2D eigenvalue weighted by Crippen LogP contribution is 2.55. The zero-order valence-electron chi connectivity index (χ0n) is 42.3. The number of anilines is 5. The van der Waals surface area contributed by atoms with Crippen LogP contribution in [0.15, 0.2) is 132 Å². The summed E-state index contributed by atoms with van der Waals surface area (Å²) in [5.74, 6) is 0. The first-order valence-corrected chi connectivity index (χ1v) is 25.2. The molecule has 7 aromatic carbocycles. The fourth-order valence-electron chi connectivity index (χ4n) is 13.3. The van der Waals surface area contributed by atoms with Crippen LogP contribution in [0.4, 0.5) is 28.4 Å². The molecule has 2 aliphatic heterocycles. The third kappa shape index (κ3) is 6.24. The third-order valence-corrected chi connectivity index (χ3v) is 17.4. The predicted octanol–water partition coefficient (Wildman–Crippen LogP) is 16.4. The molecule has 0 saturated heterocycles. The molecule has 0 fully saturated rings. The Morgan fingerprint density at radius 1 is 0.456 bits per heavy atom. The van der Waals surface area contributed by atoms with E-state index in [1.807, 2.05) is 6.26 Å². The van der Waals surface area contributed by atoms with Crippen LogP contribution in [-0.2, 0) is 21.7 Å². The summed E-state index contributed by atoms with van der Waals surface area (Å²) in [6.07, 6.45) is 6.56. The third-order valence-electron chi connectivity index (χ3n) is 17.4. The van der Waals surface area contributed by atoms with Gasteiger partial charge in [0, 0.05) is 45.0 Å². The molecule has 4 aliphatic rings. The van der Waals surface area contributed by atoms with Gasteiger partial charge in [-0.3, -0.25) is 0 Å². The molecule has 0 spiro atoms. The van der Waals surface area contributed by atoms with Gasteiger partial charge in [0.2, 0.25) is 0 Å². The topological polar surface area (TPSA) is 19.6 Å². The van der Waals surface area contributed by atoms with E-state index in [-0.39, 0.29) is 28.5 Å². The van der Waals surface area contributed by atoms with E-state index in [0.29, 0.717) is 0 Å². The van der Waals surface area contributed by atoms with Crippen molar-refractivity contribution in [3.63, 3.8) is 0 Å². The van der Waals surface area contributed by atoms with Crippen molar-refractivity contribution in [1.29, 1.82) is 0 Å². The molecule has 0 radical (unpaired) electrons. The quantitative estimate of drug-likeness (QED) is 0.164. The normalized spacial score (nSPS) is 17.9. The monoisotopic (exact) mass is 889 g/mol. The van der Waals surface area contributed by atoms with Crippen LogP contribution in [0.2, 0.25) is 0 Å². The molecule has 2 aliphatic carbocycles. The summed E-state index contributed by atoms with van der Waals surface area (Å²) in [4.78, 5) is 5.34. The number of aryl methyl sites for hydroxylation is 4. The summed E-state index contributed by atoms with van der Waals surface area (Å²) in [5.41, 5.74) is 28.5. The Morgan fingerprint density at radius 3 is 1.60 bits per heavy atom. The van der Waals surface area contributed by atoms with Gasteiger partial charge in [0.15, 0.2) is 0 Å². The van der Waals surface area contributed by atoms with Crippen molar-refractivity contribution in [2.45, 2.75) is 130 Å². The van der Waals surface area contributed by atoms with Crippen LogP contribution >= 0.6 is 0 Å². The Morgan fingerprint density at radius 2 is 0.985 bits per heavy atom. The number of benzene rings is 7. The summed E-state index contributed by atoms with van der Waals surface area (Å²) in [5, 5.41) is 1.12. The van der Waals surface area contributed by atoms with Crippen LogP contribution in [0.1, 0.15) is 126 Å². The van der Waals surface area contributed by atoms with Gasteiger partial charge in [0.1, 0.15) is 5.58 Å². The molecule has 4 heteroatoms. The van der Waals surface area contributed by atoms with Gasteiger partial charge in [-0.05, 0) is 207 Å². The van der Waals surface area contributed by atoms with E-state index in [0.717, 1.165) is 23.8 Å². The second-order valence-corrected chi connectivity index (χ2v) is 23.7. The largest absolute Gasteiger partial charge is 0.464 e. The molecule has 68 heavy (non-hydrogen) atoms. The maximum absolute atomic E-state index is 6.73. The highest BCUT2D eigenvalue weighted by atomic mass is 16.3. The standard InChI is InChI=1S/C64H65BN2O/c1-38-15-13-16-39(2)56(38)42-19-22-45(23-20-42)67-53-26-21-43(57-40(3)17-14-18-41(57)4)33-47(53)58-59-55(34-44-27-32-68-60(44)58)66(46-24-25-48-49(35-46)62(7,8)29-28-61(48,5)6)54-37-51-50(36-52(54)65(59)67)63(9,10)30-31-64(51,11)12/h13-27,32-37H,28-31H2,1-12H3. The second kappa shape index (κ2) is 14.6. The molecule has 0 unspecified atom stereocenters. The lowest BCUT2D eigenvalue weighted by molar-refractivity contribution is 0.332. The summed E-state index contributed by atoms with van der Waals surface area (Å²) < 4.78 is 6.73. The lowest BCUT2D eigenvalue weighted by atomic mass is 9.42. The van der Waals surface area contributed by atoms with E-state index in [2.05, 4.69) is 214 Å². The number of rotatable bonds is 4. The van der Waals surface area contributed by atoms with Gasteiger partial charge >= 0.3 is 6.85 Å². The fourth-order valence-corrected chi connectivity index (χ4v) is 13.3. The van der Waals surface area contributed by atoms with Crippen LogP contribution in [-0.4, -0.2) is 6.85 Å². The molecule has 0 saturated carbocycles. The number of fused-ring (bicyclic) bond motifs is 8. The van der Waals surface area contributed by atoms with Crippen molar-refractivity contribution in [3.05, 3.63) is 172 Å². The Hall–Kier alpha value is -6.26. The molecule has 8 aromatic rings. The van der Waals surface area contributed by atoms with Crippen molar-refractivity contribution in [1.82, 2.24) is 0 Å². The zero-order chi connectivity index (χ0) is 47.4. The highest BCUT2D eigenvalue weighted by molar-refractivity contribution is 6.94. The SMILES string of the molecule is Cc1cccc(C)c1-c1ccc(N2B3c4cc5c(cc4N(c4ccc6c(c4)C(C)(C)CCC6(C)C)c4cc6ccoc6c(c43)-c3cc(-c4c(C)cccc4C)ccc32)C(C)(C)CCC5(C)C)cc1. The molecule has 0 amide bonds. The summed E-state index contributed by atoms with van der Waals surface area (Å²) in [6.45, 7) is 28.5. The molecular weight excluding hydrogens is 824 g/mol. The van der Waals surface area contributed by atoms with E-state index in [1.54, 1.807) is 0 Å². The molecule has 340 valence electrons. The smallest absolute Gasteiger partial charge is 0.333 e. The van der Waals surface area contributed by atoms with Crippen LogP contribution in [0.5, 0.6) is 0 Å². The van der Waals surface area contributed by atoms with Gasteiger partial charge in [-0.15, -0.1) is 0 Å². The van der Waals surface area contributed by atoms with Crippen LogP contribution in [0, 0.1) is 27.7 Å². The molecule has 0 N–H and O–H groups in total. The molecule has 0 atom stereocenters. The Balaban J connectivity index is 1.20. The first-order valence-electron chi connectivity index (χ1n) is 25.2. The molecule has 1 aromatic heterocycles. The molecule has 3 heterocycles. The van der Waals surface area contributed by atoms with Crippen molar-refractivity contribution in [3.8, 4) is 33.4 Å². The molecule has 12 rings (SSSR count).